The maximum atomic E-state index is 9.27. The number of hydrogen-bond acceptors (Lipinski definition) is 4. The number of fused-ring (bicyclic) bond motifs is 1. The highest BCUT2D eigenvalue weighted by molar-refractivity contribution is 5.92. The van der Waals surface area contributed by atoms with Gasteiger partial charge in [0.2, 0.25) is 0 Å². The maximum absolute atomic E-state index is 9.27. The molecule has 0 amide bonds. The van der Waals surface area contributed by atoms with E-state index in [1.165, 1.54) is 31.4 Å². The highest BCUT2D eigenvalue weighted by atomic mass is 15.3. The van der Waals surface area contributed by atoms with Gasteiger partial charge in [0.1, 0.15) is 11.8 Å². The molecular weight excluding hydrogens is 284 g/mol. The van der Waals surface area contributed by atoms with Crippen molar-refractivity contribution in [3.8, 4) is 6.07 Å². The number of benzene rings is 1. The minimum atomic E-state index is 0.511. The second-order valence-electron chi connectivity index (χ2n) is 6.62. The second-order valence-corrected chi connectivity index (χ2v) is 6.62. The Morgan fingerprint density at radius 1 is 1.04 bits per heavy atom. The first-order valence-corrected chi connectivity index (χ1v) is 8.64. The third-order valence-corrected chi connectivity index (χ3v) is 5.30. The number of anilines is 1. The fourth-order valence-corrected chi connectivity index (χ4v) is 4.07. The first kappa shape index (κ1) is 14.5. The van der Waals surface area contributed by atoms with Crippen LogP contribution in [0.1, 0.15) is 31.4 Å². The molecule has 0 unspecified atom stereocenters. The Morgan fingerprint density at radius 2 is 1.78 bits per heavy atom. The van der Waals surface area contributed by atoms with Crippen LogP contribution < -0.4 is 4.90 Å². The molecule has 0 spiro atoms. The third-order valence-electron chi connectivity index (χ3n) is 5.30. The Labute approximate surface area is 137 Å². The van der Waals surface area contributed by atoms with Gasteiger partial charge >= 0.3 is 0 Å². The van der Waals surface area contributed by atoms with Crippen molar-refractivity contribution in [3.63, 3.8) is 0 Å². The zero-order valence-corrected chi connectivity index (χ0v) is 13.4. The molecule has 2 heterocycles. The van der Waals surface area contributed by atoms with E-state index in [0.29, 0.717) is 5.69 Å². The summed E-state index contributed by atoms with van der Waals surface area (Å²) in [5.74, 6) is 0. The number of hydrogen-bond donors (Lipinski definition) is 0. The van der Waals surface area contributed by atoms with Crippen LogP contribution in [0, 0.1) is 11.3 Å². The molecule has 1 saturated heterocycles. The molecule has 118 valence electrons. The minimum Gasteiger partial charge on any atom is -0.368 e. The number of aromatic nitrogens is 1. The van der Waals surface area contributed by atoms with Crippen LogP contribution in [-0.2, 0) is 0 Å². The van der Waals surface area contributed by atoms with Gasteiger partial charge in [-0.15, -0.1) is 0 Å². The fourth-order valence-electron chi connectivity index (χ4n) is 4.07. The molecule has 0 N–H and O–H groups in total. The highest BCUT2D eigenvalue weighted by Gasteiger charge is 2.26. The smallest absolute Gasteiger partial charge is 0.143 e. The van der Waals surface area contributed by atoms with Crippen molar-refractivity contribution < 1.29 is 0 Å². The number of pyridine rings is 1. The van der Waals surface area contributed by atoms with Gasteiger partial charge in [-0.1, -0.05) is 31.0 Å². The van der Waals surface area contributed by atoms with Gasteiger partial charge in [-0.05, 0) is 25.0 Å². The molecule has 4 nitrogen and oxygen atoms in total. The van der Waals surface area contributed by atoms with Crippen LogP contribution in [-0.4, -0.2) is 42.1 Å². The lowest BCUT2D eigenvalue weighted by Crippen LogP contribution is -2.49. The molecular formula is C19H22N4. The second kappa shape index (κ2) is 6.17. The lowest BCUT2D eigenvalue weighted by Gasteiger charge is -2.39. The van der Waals surface area contributed by atoms with Crippen molar-refractivity contribution in [3.05, 3.63) is 36.0 Å². The Morgan fingerprint density at radius 3 is 2.52 bits per heavy atom. The summed E-state index contributed by atoms with van der Waals surface area (Å²) in [6, 6.07) is 13.1. The van der Waals surface area contributed by atoms with E-state index in [1.807, 2.05) is 24.3 Å². The van der Waals surface area contributed by atoms with Gasteiger partial charge in [-0.3, -0.25) is 4.90 Å². The Hall–Kier alpha value is -2.12. The van der Waals surface area contributed by atoms with Gasteiger partial charge in [0.05, 0.1) is 5.52 Å². The van der Waals surface area contributed by atoms with Gasteiger partial charge in [0, 0.05) is 43.3 Å². The van der Waals surface area contributed by atoms with Crippen molar-refractivity contribution in [2.45, 2.75) is 31.7 Å². The monoisotopic (exact) mass is 306 g/mol. The summed E-state index contributed by atoms with van der Waals surface area (Å²) in [5, 5.41) is 10.4. The molecule has 1 saturated carbocycles. The molecule has 0 bridgehead atoms. The van der Waals surface area contributed by atoms with Crippen molar-refractivity contribution in [1.29, 1.82) is 5.26 Å². The average molecular weight is 306 g/mol. The average Bonchev–Trinajstić information content (AvgIpc) is 3.15. The third kappa shape index (κ3) is 2.77. The molecule has 1 aromatic carbocycles. The first-order valence-electron chi connectivity index (χ1n) is 8.64. The summed E-state index contributed by atoms with van der Waals surface area (Å²) in [7, 11) is 0. The van der Waals surface area contributed by atoms with E-state index >= 15 is 0 Å². The van der Waals surface area contributed by atoms with Gasteiger partial charge < -0.3 is 4.90 Å². The Kier molecular flexibility index (Phi) is 3.88. The Bertz CT molecular complexity index is 735. The van der Waals surface area contributed by atoms with Gasteiger partial charge in [0.15, 0.2) is 0 Å². The molecule has 2 aliphatic rings. The summed E-state index contributed by atoms with van der Waals surface area (Å²) in [6.45, 7) is 4.33. The van der Waals surface area contributed by atoms with E-state index < -0.39 is 0 Å². The molecule has 4 rings (SSSR count). The van der Waals surface area contributed by atoms with Gasteiger partial charge in [-0.25, -0.2) is 4.98 Å². The minimum absolute atomic E-state index is 0.511. The van der Waals surface area contributed by atoms with Crippen LogP contribution in [0.4, 0.5) is 5.69 Å². The summed E-state index contributed by atoms with van der Waals surface area (Å²) in [6.07, 6.45) is 5.53. The standard InChI is InChI=1S/C19H22N4/c20-14-15-13-19(17-7-3-4-8-18(17)21-15)23-11-9-22(10-12-23)16-5-1-2-6-16/h3-4,7-8,13,16H,1-2,5-6,9-12H2. The van der Waals surface area contributed by atoms with E-state index in [9.17, 15) is 5.26 Å². The molecule has 1 aromatic heterocycles. The van der Waals surface area contributed by atoms with E-state index in [1.54, 1.807) is 0 Å². The van der Waals surface area contributed by atoms with Gasteiger partial charge in [-0.2, -0.15) is 5.26 Å². The molecule has 2 aromatic rings. The number of nitriles is 1. The lowest BCUT2D eigenvalue weighted by molar-refractivity contribution is 0.187. The highest BCUT2D eigenvalue weighted by Crippen LogP contribution is 2.29. The molecule has 2 fully saturated rings. The molecule has 0 radical (unpaired) electrons. The van der Waals surface area contributed by atoms with Crippen LogP contribution in [0.5, 0.6) is 0 Å². The largest absolute Gasteiger partial charge is 0.368 e. The zero-order valence-electron chi connectivity index (χ0n) is 13.4. The first-order chi connectivity index (χ1) is 11.3. The normalized spacial score (nSPS) is 20.0. The van der Waals surface area contributed by atoms with E-state index in [4.69, 9.17) is 0 Å². The number of nitrogens with zero attached hydrogens (tertiary/aromatic N) is 4. The molecule has 1 aliphatic carbocycles. The van der Waals surface area contributed by atoms with Crippen molar-refractivity contribution >= 4 is 16.6 Å². The van der Waals surface area contributed by atoms with E-state index in [-0.39, 0.29) is 0 Å². The topological polar surface area (TPSA) is 43.2 Å². The maximum Gasteiger partial charge on any atom is 0.143 e. The summed E-state index contributed by atoms with van der Waals surface area (Å²) in [4.78, 5) is 9.52. The molecule has 1 aliphatic heterocycles. The summed E-state index contributed by atoms with van der Waals surface area (Å²) < 4.78 is 0. The number of rotatable bonds is 2. The van der Waals surface area contributed by atoms with Crippen molar-refractivity contribution in [1.82, 2.24) is 9.88 Å². The van der Waals surface area contributed by atoms with Crippen LogP contribution >= 0.6 is 0 Å². The lowest BCUT2D eigenvalue weighted by atomic mass is 10.1. The van der Waals surface area contributed by atoms with Crippen molar-refractivity contribution in [2.75, 3.05) is 31.1 Å². The van der Waals surface area contributed by atoms with Crippen LogP contribution in [0.2, 0.25) is 0 Å². The van der Waals surface area contributed by atoms with Crippen LogP contribution in [0.3, 0.4) is 0 Å². The van der Waals surface area contributed by atoms with Crippen molar-refractivity contribution in [2.24, 2.45) is 0 Å². The molecule has 0 atom stereocenters. The van der Waals surface area contributed by atoms with E-state index in [2.05, 4.69) is 26.9 Å². The Balaban J connectivity index is 1.59. The quantitative estimate of drug-likeness (QED) is 0.855. The number of piperazine rings is 1. The number of para-hydroxylation sites is 1. The fraction of sp³-hybridized carbons (Fsp3) is 0.474. The zero-order chi connectivity index (χ0) is 15.6. The summed E-state index contributed by atoms with van der Waals surface area (Å²) in [5.41, 5.74) is 2.59. The van der Waals surface area contributed by atoms with Crippen LogP contribution in [0.25, 0.3) is 10.9 Å². The van der Waals surface area contributed by atoms with Crippen LogP contribution in [0.15, 0.2) is 30.3 Å². The van der Waals surface area contributed by atoms with E-state index in [0.717, 1.165) is 43.1 Å². The SMILES string of the molecule is N#Cc1cc(N2CCN(C3CCCC3)CC2)c2ccccc2n1. The molecule has 23 heavy (non-hydrogen) atoms. The predicted molar refractivity (Wildman–Crippen MR) is 92.5 cm³/mol. The molecule has 4 heteroatoms. The summed E-state index contributed by atoms with van der Waals surface area (Å²) >= 11 is 0. The van der Waals surface area contributed by atoms with Gasteiger partial charge in [0.25, 0.3) is 0 Å². The predicted octanol–water partition coefficient (Wildman–Crippen LogP) is 3.17.